The van der Waals surface area contributed by atoms with Gasteiger partial charge in [-0.3, -0.25) is 9.59 Å². The van der Waals surface area contributed by atoms with Gasteiger partial charge < -0.3 is 25.4 Å². The quantitative estimate of drug-likeness (QED) is 0.326. The molecule has 3 amide bonds. The first kappa shape index (κ1) is 32.7. The minimum Gasteiger partial charge on any atom is -0.508 e. The minimum atomic E-state index is -1.03. The van der Waals surface area contributed by atoms with Crippen LogP contribution in [0.3, 0.4) is 0 Å². The Labute approximate surface area is 239 Å². The van der Waals surface area contributed by atoms with E-state index in [4.69, 9.17) is 4.74 Å². The number of alkyl carbamates (subject to hydrolysis) is 1. The number of phenols is 1. The van der Waals surface area contributed by atoms with Crippen molar-refractivity contribution in [2.24, 2.45) is 0 Å². The zero-order chi connectivity index (χ0) is 30.3. The molecule has 3 N–H and O–H groups in total. The smallest absolute Gasteiger partial charge is 0.408 e. The molecule has 0 radical (unpaired) electrons. The largest absolute Gasteiger partial charge is 0.508 e. The number of amides is 3. The zero-order valence-corrected chi connectivity index (χ0v) is 25.6. The molecule has 2 rings (SSSR count). The van der Waals surface area contributed by atoms with E-state index >= 15 is 0 Å². The number of aromatic hydroxyl groups is 1. The van der Waals surface area contributed by atoms with Gasteiger partial charge in [0.25, 0.3) is 0 Å². The molecule has 0 aromatic heterocycles. The van der Waals surface area contributed by atoms with Gasteiger partial charge in [0.05, 0.1) is 0 Å². The average molecular weight is 554 g/mol. The number of carbonyl (C=O) groups excluding carboxylic acids is 3. The van der Waals surface area contributed by atoms with Crippen LogP contribution in [-0.2, 0) is 20.7 Å². The lowest BCUT2D eigenvalue weighted by atomic mass is 9.91. The van der Waals surface area contributed by atoms with Crippen LogP contribution in [0.2, 0.25) is 0 Å². The molecular weight excluding hydrogens is 506 g/mol. The number of unbranched alkanes of at least 4 members (excludes halogenated alkanes) is 1. The number of nitrogens with zero attached hydrogens (tertiary/aromatic N) is 1. The third kappa shape index (κ3) is 9.57. The number of carbonyl (C=O) groups is 3. The number of benzene rings is 2. The second kappa shape index (κ2) is 13.7. The third-order valence-electron chi connectivity index (χ3n) is 6.38. The Morgan fingerprint density at radius 3 is 2.12 bits per heavy atom. The van der Waals surface area contributed by atoms with E-state index in [1.165, 1.54) is 12.1 Å². The van der Waals surface area contributed by atoms with Crippen molar-refractivity contribution in [3.63, 3.8) is 0 Å². The van der Waals surface area contributed by atoms with Crippen LogP contribution < -0.4 is 10.6 Å². The van der Waals surface area contributed by atoms with E-state index in [-0.39, 0.29) is 18.1 Å². The number of phenolic OH excluding ortho intramolecular Hbond substituents is 1. The van der Waals surface area contributed by atoms with Gasteiger partial charge in [0, 0.05) is 18.5 Å². The molecule has 0 bridgehead atoms. The highest BCUT2D eigenvalue weighted by molar-refractivity contribution is 5.93. The first-order valence-corrected chi connectivity index (χ1v) is 14.0. The summed E-state index contributed by atoms with van der Waals surface area (Å²) in [6, 6.07) is 10.4. The molecule has 8 nitrogen and oxygen atoms in total. The summed E-state index contributed by atoms with van der Waals surface area (Å²) in [5.74, 6) is -0.590. The molecule has 40 heavy (non-hydrogen) atoms. The zero-order valence-electron chi connectivity index (χ0n) is 25.6. The molecule has 0 aliphatic heterocycles. The van der Waals surface area contributed by atoms with E-state index in [0.717, 1.165) is 35.1 Å². The Kier molecular flexibility index (Phi) is 11.2. The number of nitrogens with one attached hydrogen (secondary N) is 2. The summed E-state index contributed by atoms with van der Waals surface area (Å²) in [6.45, 7) is 17.4. The molecule has 2 aromatic carbocycles. The van der Waals surface area contributed by atoms with Crippen LogP contribution in [0.4, 0.5) is 4.79 Å². The lowest BCUT2D eigenvalue weighted by Crippen LogP contribution is -2.59. The summed E-state index contributed by atoms with van der Waals surface area (Å²) in [4.78, 5) is 42.8. The standard InChI is InChI=1S/C32H47N3O5/c1-10-11-18-33-28(37)27(25-17-12-21(2)19-22(25)3)35(31(4,5)6)29(38)26(34-30(39)40-32(7,8)9)20-23-13-15-24(36)16-14-23/h12-17,19,26-27,36H,10-11,18,20H2,1-9H3,(H,33,37)(H,34,39). The first-order valence-electron chi connectivity index (χ1n) is 14.0. The van der Waals surface area contributed by atoms with Crippen molar-refractivity contribution in [3.05, 3.63) is 64.7 Å². The second-order valence-corrected chi connectivity index (χ2v) is 12.4. The van der Waals surface area contributed by atoms with E-state index in [1.807, 2.05) is 52.8 Å². The fourth-order valence-electron chi connectivity index (χ4n) is 4.55. The van der Waals surface area contributed by atoms with E-state index in [2.05, 4.69) is 17.6 Å². The molecule has 0 aliphatic rings. The summed E-state index contributed by atoms with van der Waals surface area (Å²) in [7, 11) is 0. The normalized spacial score (nSPS) is 13.2. The molecular formula is C32H47N3O5. The van der Waals surface area contributed by atoms with Crippen LogP contribution in [-0.4, -0.2) is 51.6 Å². The van der Waals surface area contributed by atoms with Crippen LogP contribution in [0.5, 0.6) is 5.75 Å². The van der Waals surface area contributed by atoms with E-state index in [9.17, 15) is 19.5 Å². The van der Waals surface area contributed by atoms with Crippen LogP contribution in [0.25, 0.3) is 0 Å². The van der Waals surface area contributed by atoms with Crippen molar-refractivity contribution in [1.82, 2.24) is 15.5 Å². The topological polar surface area (TPSA) is 108 Å². The molecule has 2 aromatic rings. The van der Waals surface area contributed by atoms with Crippen molar-refractivity contribution in [3.8, 4) is 5.75 Å². The second-order valence-electron chi connectivity index (χ2n) is 12.4. The Bertz CT molecular complexity index is 1160. The van der Waals surface area contributed by atoms with Gasteiger partial charge >= 0.3 is 6.09 Å². The fraction of sp³-hybridized carbons (Fsp3) is 0.531. The van der Waals surface area contributed by atoms with Gasteiger partial charge in [-0.05, 0) is 90.6 Å². The predicted octanol–water partition coefficient (Wildman–Crippen LogP) is 5.73. The molecule has 2 unspecified atom stereocenters. The van der Waals surface area contributed by atoms with Crippen LogP contribution in [0.15, 0.2) is 42.5 Å². The van der Waals surface area contributed by atoms with Gasteiger partial charge in [-0.2, -0.15) is 0 Å². The van der Waals surface area contributed by atoms with Crippen molar-refractivity contribution in [2.75, 3.05) is 6.54 Å². The number of ether oxygens (including phenoxy) is 1. The summed E-state index contributed by atoms with van der Waals surface area (Å²) < 4.78 is 5.49. The molecule has 2 atom stereocenters. The predicted molar refractivity (Wildman–Crippen MR) is 158 cm³/mol. The Morgan fingerprint density at radius 2 is 1.60 bits per heavy atom. The SMILES string of the molecule is CCCCNC(=O)C(c1ccc(C)cc1C)N(C(=O)C(Cc1ccc(O)cc1)NC(=O)OC(C)(C)C)C(C)(C)C. The van der Waals surface area contributed by atoms with Crippen molar-refractivity contribution in [2.45, 2.75) is 105 Å². The average Bonchev–Trinajstić information content (AvgIpc) is 2.81. The maximum absolute atomic E-state index is 14.5. The molecule has 0 aliphatic carbocycles. The number of aryl methyl sites for hydroxylation is 2. The van der Waals surface area contributed by atoms with Crippen molar-refractivity contribution >= 4 is 17.9 Å². The van der Waals surface area contributed by atoms with Gasteiger partial charge in [0.15, 0.2) is 0 Å². The van der Waals surface area contributed by atoms with Crippen molar-refractivity contribution in [1.29, 1.82) is 0 Å². The lowest BCUT2D eigenvalue weighted by molar-refractivity contribution is -0.148. The van der Waals surface area contributed by atoms with Gasteiger partial charge in [-0.1, -0.05) is 49.2 Å². The monoisotopic (exact) mass is 553 g/mol. The number of hydrogen-bond acceptors (Lipinski definition) is 5. The summed E-state index contributed by atoms with van der Waals surface area (Å²) >= 11 is 0. The maximum Gasteiger partial charge on any atom is 0.408 e. The number of hydrogen-bond donors (Lipinski definition) is 3. The molecule has 0 fully saturated rings. The molecule has 0 saturated heterocycles. The molecule has 0 saturated carbocycles. The number of rotatable bonds is 10. The summed E-state index contributed by atoms with van der Waals surface area (Å²) in [5, 5.41) is 15.5. The van der Waals surface area contributed by atoms with Gasteiger partial charge in [0.2, 0.25) is 11.8 Å². The van der Waals surface area contributed by atoms with Crippen LogP contribution >= 0.6 is 0 Å². The van der Waals surface area contributed by atoms with Crippen LogP contribution in [0.1, 0.15) is 89.6 Å². The Morgan fingerprint density at radius 1 is 0.975 bits per heavy atom. The maximum atomic E-state index is 14.5. The van der Waals surface area contributed by atoms with Gasteiger partial charge in [0.1, 0.15) is 23.4 Å². The summed E-state index contributed by atoms with van der Waals surface area (Å²) in [5.41, 5.74) is 1.86. The third-order valence-corrected chi connectivity index (χ3v) is 6.38. The Balaban J connectivity index is 2.62. The summed E-state index contributed by atoms with van der Waals surface area (Å²) in [6.07, 6.45) is 1.15. The fourth-order valence-corrected chi connectivity index (χ4v) is 4.55. The van der Waals surface area contributed by atoms with Crippen molar-refractivity contribution < 1.29 is 24.2 Å². The van der Waals surface area contributed by atoms with E-state index in [0.29, 0.717) is 6.54 Å². The minimum absolute atomic E-state index is 0.0988. The van der Waals surface area contributed by atoms with Gasteiger partial charge in [-0.25, -0.2) is 4.79 Å². The molecule has 8 heteroatoms. The molecule has 0 spiro atoms. The molecule has 220 valence electrons. The first-order chi connectivity index (χ1) is 18.5. The van der Waals surface area contributed by atoms with E-state index in [1.54, 1.807) is 37.8 Å². The Hall–Kier alpha value is -3.55. The highest BCUT2D eigenvalue weighted by Crippen LogP contribution is 2.32. The van der Waals surface area contributed by atoms with E-state index < -0.39 is 35.2 Å². The highest BCUT2D eigenvalue weighted by atomic mass is 16.6. The van der Waals surface area contributed by atoms with Crippen LogP contribution in [0, 0.1) is 13.8 Å². The van der Waals surface area contributed by atoms with Gasteiger partial charge in [-0.15, -0.1) is 0 Å². The lowest BCUT2D eigenvalue weighted by Gasteiger charge is -2.43. The highest BCUT2D eigenvalue weighted by Gasteiger charge is 2.42. The molecule has 0 heterocycles.